The first-order valence-corrected chi connectivity index (χ1v) is 13.7. The van der Waals surface area contributed by atoms with Crippen LogP contribution in [0.5, 0.6) is 5.75 Å². The minimum Gasteiger partial charge on any atom is -0.491 e. The molecule has 4 rings (SSSR count). The van der Waals surface area contributed by atoms with E-state index in [9.17, 15) is 19.2 Å². The molecule has 2 aliphatic rings. The Morgan fingerprint density at radius 1 is 1.00 bits per heavy atom. The smallest absolute Gasteiger partial charge is 0.255 e. The predicted molar refractivity (Wildman–Crippen MR) is 150 cm³/mol. The number of piperazine rings is 1. The Kier molecular flexibility index (Phi) is 9.57. The van der Waals surface area contributed by atoms with Crippen LogP contribution in [0.2, 0.25) is 0 Å². The lowest BCUT2D eigenvalue weighted by molar-refractivity contribution is -0.138. The van der Waals surface area contributed by atoms with E-state index in [0.717, 1.165) is 5.82 Å². The third-order valence-electron chi connectivity index (χ3n) is 7.09. The summed E-state index contributed by atoms with van der Waals surface area (Å²) in [5, 5.41) is 5.60. The Balaban J connectivity index is 1.56. The summed E-state index contributed by atoms with van der Waals surface area (Å²) in [5.74, 6) is -0.225. The van der Waals surface area contributed by atoms with Crippen molar-refractivity contribution >= 4 is 29.4 Å². The second-order valence-corrected chi connectivity index (χ2v) is 10.6. The molecule has 11 nitrogen and oxygen atoms in total. The molecule has 2 atom stereocenters. The average Bonchev–Trinajstić information content (AvgIpc) is 2.95. The number of rotatable bonds is 4. The fraction of sp³-hybridized carbons (Fsp3) is 0.483. The minimum absolute atomic E-state index is 0.150. The first-order valence-electron chi connectivity index (χ1n) is 13.7. The van der Waals surface area contributed by atoms with E-state index in [-0.39, 0.29) is 42.9 Å². The Morgan fingerprint density at radius 3 is 2.42 bits per heavy atom. The lowest BCUT2D eigenvalue weighted by Crippen LogP contribution is -2.57. The molecule has 4 amide bonds. The minimum atomic E-state index is -1.11. The second kappa shape index (κ2) is 13.3. The number of amides is 4. The fourth-order valence-corrected chi connectivity index (χ4v) is 4.93. The molecule has 2 aliphatic heterocycles. The zero-order valence-corrected chi connectivity index (χ0v) is 23.3. The number of likely N-dealkylation sites (N-methyl/N-ethyl adjacent to an activating group) is 1. The fourth-order valence-electron chi connectivity index (χ4n) is 4.93. The highest BCUT2D eigenvalue weighted by atomic mass is 16.5. The van der Waals surface area contributed by atoms with Gasteiger partial charge in [-0.3, -0.25) is 19.2 Å². The number of fused-ring (bicyclic) bond motifs is 1. The number of hydrogen-bond donors (Lipinski definition) is 2. The normalized spacial score (nSPS) is 21.2. The van der Waals surface area contributed by atoms with Crippen LogP contribution in [0.25, 0.3) is 0 Å². The molecule has 3 heterocycles. The van der Waals surface area contributed by atoms with E-state index in [0.29, 0.717) is 38.3 Å². The number of carbonyl (C=O) groups excluding carboxylic acids is 4. The zero-order valence-electron chi connectivity index (χ0n) is 23.3. The molecule has 0 unspecified atom stereocenters. The molecule has 0 saturated carbocycles. The maximum Gasteiger partial charge on any atom is 0.255 e. The van der Waals surface area contributed by atoms with Gasteiger partial charge in [0.1, 0.15) is 30.3 Å². The molecule has 1 aromatic heterocycles. The number of nitrogens with one attached hydrogen (secondary N) is 2. The van der Waals surface area contributed by atoms with Crippen molar-refractivity contribution in [1.82, 2.24) is 25.4 Å². The van der Waals surface area contributed by atoms with E-state index in [1.807, 2.05) is 32.0 Å². The summed E-state index contributed by atoms with van der Waals surface area (Å²) < 4.78 is 5.88. The maximum absolute atomic E-state index is 13.7. The molecule has 2 N–H and O–H groups in total. The van der Waals surface area contributed by atoms with Crippen LogP contribution >= 0.6 is 0 Å². The van der Waals surface area contributed by atoms with Crippen molar-refractivity contribution in [2.45, 2.75) is 38.8 Å². The van der Waals surface area contributed by atoms with Crippen LogP contribution in [-0.2, 0) is 14.4 Å². The van der Waals surface area contributed by atoms with Crippen molar-refractivity contribution < 1.29 is 23.9 Å². The number of para-hydroxylation sites is 1. The molecule has 11 heteroatoms. The molecule has 0 aliphatic carbocycles. The third kappa shape index (κ3) is 7.28. The van der Waals surface area contributed by atoms with Gasteiger partial charge in [-0.15, -0.1) is 0 Å². The number of ether oxygens (including phenoxy) is 1. The molecule has 0 bridgehead atoms. The number of aromatic nitrogens is 1. The maximum atomic E-state index is 13.7. The molecule has 1 aromatic carbocycles. The van der Waals surface area contributed by atoms with Crippen LogP contribution in [-0.4, -0.2) is 96.9 Å². The SMILES string of the molecule is CC(C)C[C@H]1NC(=O)C[C@@H](C(=O)N2CCN(c3ccccn3)CC2)NC(=O)c2ccccc2OCCN(C)C1=O. The van der Waals surface area contributed by atoms with Gasteiger partial charge in [0.2, 0.25) is 17.7 Å². The van der Waals surface area contributed by atoms with Gasteiger partial charge in [-0.1, -0.05) is 32.0 Å². The Morgan fingerprint density at radius 2 is 1.73 bits per heavy atom. The standard InChI is InChI=1S/C29H38N6O5/c1-20(2)18-22-28(38)33(3)16-17-40-24-9-5-4-8-21(24)27(37)32-23(19-26(36)31-22)29(39)35-14-12-34(13-15-35)25-10-6-7-11-30-25/h4-11,20,22-23H,12-19H2,1-3H3,(H,31,36)(H,32,37)/t22-,23+/m1/s1. The summed E-state index contributed by atoms with van der Waals surface area (Å²) in [7, 11) is 1.66. The van der Waals surface area contributed by atoms with E-state index in [1.165, 1.54) is 4.90 Å². The van der Waals surface area contributed by atoms with Gasteiger partial charge in [-0.05, 0) is 36.6 Å². The molecule has 0 radical (unpaired) electrons. The number of anilines is 1. The summed E-state index contributed by atoms with van der Waals surface area (Å²) in [6, 6.07) is 10.6. The van der Waals surface area contributed by atoms with Crippen LogP contribution in [0.4, 0.5) is 5.82 Å². The van der Waals surface area contributed by atoms with Crippen molar-refractivity contribution in [3.8, 4) is 5.75 Å². The highest BCUT2D eigenvalue weighted by molar-refractivity contribution is 6.01. The van der Waals surface area contributed by atoms with Crippen LogP contribution in [0.3, 0.4) is 0 Å². The van der Waals surface area contributed by atoms with Crippen molar-refractivity contribution in [1.29, 1.82) is 0 Å². The number of benzene rings is 1. The van der Waals surface area contributed by atoms with Crippen molar-refractivity contribution in [2.24, 2.45) is 5.92 Å². The van der Waals surface area contributed by atoms with Gasteiger partial charge in [-0.2, -0.15) is 0 Å². The zero-order chi connectivity index (χ0) is 28.6. The molecular formula is C29H38N6O5. The molecule has 0 spiro atoms. The van der Waals surface area contributed by atoms with Crippen molar-refractivity contribution in [3.05, 3.63) is 54.2 Å². The average molecular weight is 551 g/mol. The number of nitrogens with zero attached hydrogens (tertiary/aromatic N) is 4. The van der Waals surface area contributed by atoms with Crippen LogP contribution in [0.15, 0.2) is 48.7 Å². The van der Waals surface area contributed by atoms with Gasteiger partial charge >= 0.3 is 0 Å². The topological polar surface area (TPSA) is 124 Å². The number of hydrogen-bond acceptors (Lipinski definition) is 7. The van der Waals surface area contributed by atoms with Crippen molar-refractivity contribution in [3.63, 3.8) is 0 Å². The second-order valence-electron chi connectivity index (χ2n) is 10.6. The van der Waals surface area contributed by atoms with Gasteiger partial charge in [0.15, 0.2) is 0 Å². The van der Waals surface area contributed by atoms with Gasteiger partial charge in [0.25, 0.3) is 5.91 Å². The summed E-state index contributed by atoms with van der Waals surface area (Å²) in [4.78, 5) is 63.2. The van der Waals surface area contributed by atoms with Gasteiger partial charge in [0.05, 0.1) is 18.5 Å². The molecule has 1 fully saturated rings. The summed E-state index contributed by atoms with van der Waals surface area (Å²) in [6.07, 6.45) is 1.88. The highest BCUT2D eigenvalue weighted by Crippen LogP contribution is 2.20. The monoisotopic (exact) mass is 550 g/mol. The molecule has 40 heavy (non-hydrogen) atoms. The third-order valence-corrected chi connectivity index (χ3v) is 7.09. The Bertz CT molecular complexity index is 1200. The van der Waals surface area contributed by atoms with Crippen LogP contribution < -0.4 is 20.3 Å². The Hall–Kier alpha value is -4.15. The lowest BCUT2D eigenvalue weighted by atomic mass is 10.0. The van der Waals surface area contributed by atoms with E-state index in [2.05, 4.69) is 20.5 Å². The van der Waals surface area contributed by atoms with Crippen molar-refractivity contribution in [2.75, 3.05) is 51.3 Å². The highest BCUT2D eigenvalue weighted by Gasteiger charge is 2.33. The van der Waals surface area contributed by atoms with E-state index in [4.69, 9.17) is 4.74 Å². The molecule has 214 valence electrons. The van der Waals surface area contributed by atoms with Crippen LogP contribution in [0.1, 0.15) is 37.0 Å². The lowest BCUT2D eigenvalue weighted by Gasteiger charge is -2.37. The first kappa shape index (κ1) is 28.8. The summed E-state index contributed by atoms with van der Waals surface area (Å²) in [6.45, 7) is 6.38. The van der Waals surface area contributed by atoms with E-state index < -0.39 is 23.9 Å². The quantitative estimate of drug-likeness (QED) is 0.588. The number of pyridine rings is 1. The summed E-state index contributed by atoms with van der Waals surface area (Å²) in [5.41, 5.74) is 0.254. The van der Waals surface area contributed by atoms with E-state index >= 15 is 0 Å². The molecule has 1 saturated heterocycles. The van der Waals surface area contributed by atoms with Gasteiger partial charge in [0, 0.05) is 39.4 Å². The number of carbonyl (C=O) groups is 4. The summed E-state index contributed by atoms with van der Waals surface area (Å²) >= 11 is 0. The van der Waals surface area contributed by atoms with E-state index in [1.54, 1.807) is 42.4 Å². The first-order chi connectivity index (χ1) is 19.2. The largest absolute Gasteiger partial charge is 0.491 e. The molecule has 2 aromatic rings. The Labute approximate surface area is 234 Å². The van der Waals surface area contributed by atoms with Gasteiger partial charge < -0.3 is 30.1 Å². The predicted octanol–water partition coefficient (Wildman–Crippen LogP) is 1.30. The molecular weight excluding hydrogens is 512 g/mol. The van der Waals surface area contributed by atoms with Crippen LogP contribution in [0, 0.1) is 5.92 Å². The van der Waals surface area contributed by atoms with Gasteiger partial charge in [-0.25, -0.2) is 4.98 Å².